The molecule has 1 aliphatic rings. The number of carboxylic acid groups (broad SMARTS) is 1. The van der Waals surface area contributed by atoms with Crippen molar-refractivity contribution in [3.63, 3.8) is 0 Å². The first-order chi connectivity index (χ1) is 12.5. The van der Waals surface area contributed by atoms with Crippen molar-refractivity contribution in [2.75, 3.05) is 6.61 Å². The van der Waals surface area contributed by atoms with E-state index in [1.807, 2.05) is 48.5 Å². The number of hydrogen-bond acceptors (Lipinski definition) is 4. The SMILES string of the molecule is NC(=O)C[C@H]([15NH]C(=O)OCC1c2ccccc2-c2ccccc21)C(=O)O. The van der Waals surface area contributed by atoms with Crippen molar-refractivity contribution in [2.45, 2.75) is 18.4 Å². The molecule has 2 aromatic rings. The first-order valence-electron chi connectivity index (χ1n) is 8.10. The van der Waals surface area contributed by atoms with Crippen molar-refractivity contribution in [1.82, 2.24) is 5.32 Å². The molecule has 0 heterocycles. The molecule has 0 fully saturated rings. The third-order valence-electron chi connectivity index (χ3n) is 4.34. The molecule has 0 unspecified atom stereocenters. The van der Waals surface area contributed by atoms with Gasteiger partial charge in [0.15, 0.2) is 0 Å². The van der Waals surface area contributed by atoms with Gasteiger partial charge in [0.05, 0.1) is 6.42 Å². The van der Waals surface area contributed by atoms with E-state index in [1.165, 1.54) is 0 Å². The van der Waals surface area contributed by atoms with Crippen LogP contribution in [0.3, 0.4) is 0 Å². The van der Waals surface area contributed by atoms with Gasteiger partial charge in [0.1, 0.15) is 12.6 Å². The molecule has 26 heavy (non-hydrogen) atoms. The molecular weight excluding hydrogens is 337 g/mol. The summed E-state index contributed by atoms with van der Waals surface area (Å²) < 4.78 is 5.24. The average Bonchev–Trinajstić information content (AvgIpc) is 2.93. The Bertz CT molecular complexity index is 819. The van der Waals surface area contributed by atoms with Crippen LogP contribution in [0.5, 0.6) is 0 Å². The number of carboxylic acids is 1. The van der Waals surface area contributed by atoms with E-state index < -0.39 is 30.4 Å². The van der Waals surface area contributed by atoms with Crippen LogP contribution in [-0.2, 0) is 14.3 Å². The highest BCUT2D eigenvalue weighted by molar-refractivity contribution is 5.86. The van der Waals surface area contributed by atoms with Gasteiger partial charge in [-0.2, -0.15) is 0 Å². The Morgan fingerprint density at radius 1 is 1.04 bits per heavy atom. The summed E-state index contributed by atoms with van der Waals surface area (Å²) in [5.74, 6) is -2.30. The molecule has 7 heteroatoms. The van der Waals surface area contributed by atoms with Gasteiger partial charge in [0, 0.05) is 5.92 Å². The van der Waals surface area contributed by atoms with Crippen LogP contribution in [0.1, 0.15) is 23.5 Å². The number of carbonyl (C=O) groups is 3. The molecule has 1 aliphatic carbocycles. The van der Waals surface area contributed by atoms with E-state index in [9.17, 15) is 14.4 Å². The fraction of sp³-hybridized carbons (Fsp3) is 0.211. The van der Waals surface area contributed by atoms with E-state index in [1.54, 1.807) is 0 Å². The number of carbonyl (C=O) groups excluding carboxylic acids is 2. The molecule has 0 radical (unpaired) electrons. The molecule has 0 bridgehead atoms. The zero-order valence-electron chi connectivity index (χ0n) is 13.8. The van der Waals surface area contributed by atoms with E-state index in [-0.39, 0.29) is 12.5 Å². The molecule has 7 nitrogen and oxygen atoms in total. The molecule has 134 valence electrons. The van der Waals surface area contributed by atoms with Crippen LogP contribution in [0.25, 0.3) is 11.1 Å². The summed E-state index contributed by atoms with van der Waals surface area (Å²) in [4.78, 5) is 34.0. The van der Waals surface area contributed by atoms with Crippen molar-refractivity contribution in [3.8, 4) is 11.1 Å². The number of fused-ring (bicyclic) bond motifs is 3. The summed E-state index contributed by atoms with van der Waals surface area (Å²) in [6, 6.07) is 14.3. The van der Waals surface area contributed by atoms with E-state index in [0.717, 1.165) is 22.3 Å². The van der Waals surface area contributed by atoms with Crippen LogP contribution in [0.15, 0.2) is 48.5 Å². The molecule has 0 spiro atoms. The highest BCUT2D eigenvalue weighted by atomic mass is 16.6. The fourth-order valence-corrected chi connectivity index (χ4v) is 3.18. The number of primary amides is 1. The molecule has 0 saturated carbocycles. The Hall–Kier alpha value is -3.35. The quantitative estimate of drug-likeness (QED) is 0.683. The van der Waals surface area contributed by atoms with Gasteiger partial charge in [0.25, 0.3) is 0 Å². The number of aliphatic carboxylic acids is 1. The molecule has 3 rings (SSSR count). The van der Waals surface area contributed by atoms with Gasteiger partial charge < -0.3 is 20.9 Å². The number of benzene rings is 2. The molecule has 4 N–H and O–H groups in total. The van der Waals surface area contributed by atoms with E-state index in [0.29, 0.717) is 0 Å². The summed E-state index contributed by atoms with van der Waals surface area (Å²) in [6.45, 7) is 0.0583. The summed E-state index contributed by atoms with van der Waals surface area (Å²) in [6.07, 6.45) is -1.40. The number of nitrogens with one attached hydrogen (secondary N) is 1. The van der Waals surface area contributed by atoms with Crippen molar-refractivity contribution >= 4 is 18.0 Å². The van der Waals surface area contributed by atoms with Crippen LogP contribution in [0, 0.1) is 0 Å². The normalized spacial score (nSPS) is 13.4. The predicted octanol–water partition coefficient (Wildman–Crippen LogP) is 1.85. The summed E-state index contributed by atoms with van der Waals surface area (Å²) in [7, 11) is 0. The van der Waals surface area contributed by atoms with Crippen LogP contribution >= 0.6 is 0 Å². The van der Waals surface area contributed by atoms with Gasteiger partial charge in [-0.1, -0.05) is 48.5 Å². The minimum absolute atomic E-state index is 0.0583. The lowest BCUT2D eigenvalue weighted by atomic mass is 9.98. The third-order valence-corrected chi connectivity index (χ3v) is 4.34. The van der Waals surface area contributed by atoms with E-state index in [4.69, 9.17) is 15.6 Å². The molecule has 2 aromatic carbocycles. The Morgan fingerprint density at radius 3 is 2.08 bits per heavy atom. The maximum absolute atomic E-state index is 12.0. The highest BCUT2D eigenvalue weighted by Crippen LogP contribution is 2.44. The molecule has 1 atom stereocenters. The predicted molar refractivity (Wildman–Crippen MR) is 93.4 cm³/mol. The Labute approximate surface area is 149 Å². The minimum Gasteiger partial charge on any atom is -0.480 e. The largest absolute Gasteiger partial charge is 0.480 e. The molecule has 0 saturated heterocycles. The molecule has 2 amide bonds. The summed E-state index contributed by atoms with van der Waals surface area (Å²) in [5, 5.41) is 11.2. The molecule has 0 aliphatic heterocycles. The van der Waals surface area contributed by atoms with Gasteiger partial charge in [-0.25, -0.2) is 9.59 Å². The van der Waals surface area contributed by atoms with Crippen molar-refractivity contribution in [2.24, 2.45) is 5.73 Å². The third kappa shape index (κ3) is 3.51. The first kappa shape index (κ1) is 17.5. The second-order valence-electron chi connectivity index (χ2n) is 6.03. The highest BCUT2D eigenvalue weighted by Gasteiger charge is 2.30. The number of rotatable bonds is 6. The van der Waals surface area contributed by atoms with Gasteiger partial charge >= 0.3 is 12.1 Å². The average molecular weight is 355 g/mol. The van der Waals surface area contributed by atoms with Gasteiger partial charge in [-0.05, 0) is 22.3 Å². The van der Waals surface area contributed by atoms with Crippen molar-refractivity contribution < 1.29 is 24.2 Å². The second-order valence-corrected chi connectivity index (χ2v) is 6.03. The maximum atomic E-state index is 12.0. The number of alkyl carbamates (subject to hydrolysis) is 1. The number of ether oxygens (including phenoxy) is 1. The lowest BCUT2D eigenvalue weighted by molar-refractivity contribution is -0.141. The van der Waals surface area contributed by atoms with Crippen molar-refractivity contribution in [3.05, 3.63) is 59.7 Å². The van der Waals surface area contributed by atoms with Gasteiger partial charge in [-0.3, -0.25) is 4.79 Å². The van der Waals surface area contributed by atoms with Gasteiger partial charge in [0.2, 0.25) is 5.91 Å². The Morgan fingerprint density at radius 2 is 1.58 bits per heavy atom. The maximum Gasteiger partial charge on any atom is 0.407 e. The molecule has 0 aromatic heterocycles. The van der Waals surface area contributed by atoms with Crippen LogP contribution in [-0.4, -0.2) is 35.7 Å². The summed E-state index contributed by atoms with van der Waals surface area (Å²) >= 11 is 0. The van der Waals surface area contributed by atoms with Crippen molar-refractivity contribution in [1.29, 1.82) is 0 Å². The topological polar surface area (TPSA) is 119 Å². The zero-order valence-corrected chi connectivity index (χ0v) is 13.8. The van der Waals surface area contributed by atoms with Crippen LogP contribution in [0.2, 0.25) is 0 Å². The smallest absolute Gasteiger partial charge is 0.407 e. The lowest BCUT2D eigenvalue weighted by Gasteiger charge is -2.16. The Balaban J connectivity index is 1.71. The first-order valence-corrected chi connectivity index (χ1v) is 8.10. The zero-order chi connectivity index (χ0) is 18.7. The number of amides is 2. The lowest BCUT2D eigenvalue weighted by Crippen LogP contribution is -2.43. The van der Waals surface area contributed by atoms with E-state index >= 15 is 0 Å². The summed E-state index contributed by atoms with van der Waals surface area (Å²) in [5.41, 5.74) is 9.27. The Kier molecular flexibility index (Phi) is 4.88. The second kappa shape index (κ2) is 7.26. The number of hydrogen-bond donors (Lipinski definition) is 3. The monoisotopic (exact) mass is 355 g/mol. The van der Waals surface area contributed by atoms with Crippen LogP contribution < -0.4 is 11.1 Å². The minimum atomic E-state index is -1.41. The fourth-order valence-electron chi connectivity index (χ4n) is 3.18. The number of nitrogens with two attached hydrogens (primary N) is 1. The molecular formula is C19H18N2O5. The van der Waals surface area contributed by atoms with Crippen LogP contribution in [0.4, 0.5) is 4.79 Å². The van der Waals surface area contributed by atoms with Gasteiger partial charge in [-0.15, -0.1) is 0 Å². The standard InChI is InChI=1S/C19H18N2O5/c20-17(22)9-16(18(23)24)21-19(25)26-10-15-13-7-3-1-5-11(13)12-6-2-4-8-14(12)15/h1-8,15-16H,9-10H2,(H2,20,22)(H,21,25)(H,23,24)/t16-/m0/s1/i21+1. The van der Waals surface area contributed by atoms with E-state index in [2.05, 4.69) is 5.32 Å².